The third kappa shape index (κ3) is 1.71. The van der Waals surface area contributed by atoms with E-state index in [4.69, 9.17) is 0 Å². The molecule has 0 atom stereocenters. The van der Waals surface area contributed by atoms with E-state index in [9.17, 15) is 13.2 Å². The first-order valence-corrected chi connectivity index (χ1v) is 3.50. The smallest absolute Gasteiger partial charge is 0.252 e. The summed E-state index contributed by atoms with van der Waals surface area (Å²) in [5, 5.41) is 0. The fourth-order valence-corrected chi connectivity index (χ4v) is 0.909. The van der Waals surface area contributed by atoms with Gasteiger partial charge in [0.15, 0.2) is 5.82 Å². The summed E-state index contributed by atoms with van der Waals surface area (Å²) in [5.74, 6) is -0.998. The van der Waals surface area contributed by atoms with E-state index in [1.807, 2.05) is 0 Å². The van der Waals surface area contributed by atoms with Crippen LogP contribution in [0.15, 0.2) is 16.7 Å². The first kappa shape index (κ1) is 8.52. The average Bonchev–Trinajstić information content (AvgIpc) is 1.94. The lowest BCUT2D eigenvalue weighted by Crippen LogP contribution is -1.95. The minimum Gasteiger partial charge on any atom is -0.252 e. The van der Waals surface area contributed by atoms with Gasteiger partial charge in [0.25, 0.3) is 6.43 Å². The largest absolute Gasteiger partial charge is 0.283 e. The highest BCUT2D eigenvalue weighted by Crippen LogP contribution is 2.24. The molecule has 1 nitrogen and oxygen atoms in total. The number of hydrogen-bond donors (Lipinski definition) is 0. The van der Waals surface area contributed by atoms with Crippen molar-refractivity contribution in [2.75, 3.05) is 0 Å². The topological polar surface area (TPSA) is 12.9 Å². The number of halogens is 4. The van der Waals surface area contributed by atoms with Crippen molar-refractivity contribution in [3.8, 4) is 0 Å². The normalized spacial score (nSPS) is 10.6. The van der Waals surface area contributed by atoms with E-state index in [2.05, 4.69) is 20.9 Å². The molecule has 0 aliphatic rings. The number of nitrogens with zero attached hydrogens (tertiary/aromatic N) is 1. The van der Waals surface area contributed by atoms with Gasteiger partial charge >= 0.3 is 0 Å². The van der Waals surface area contributed by atoms with Gasteiger partial charge in [-0.1, -0.05) is 0 Å². The first-order chi connectivity index (χ1) is 5.13. The Balaban J connectivity index is 3.17. The van der Waals surface area contributed by atoms with Gasteiger partial charge in [-0.25, -0.2) is 13.2 Å². The average molecular weight is 226 g/mol. The van der Waals surface area contributed by atoms with Crippen LogP contribution in [-0.4, -0.2) is 4.98 Å². The number of hydrogen-bond acceptors (Lipinski definition) is 1. The molecule has 0 saturated carbocycles. The zero-order valence-corrected chi connectivity index (χ0v) is 6.78. The molecule has 0 saturated heterocycles. The molecular formula is C6H3BrF3N. The molecule has 60 valence electrons. The van der Waals surface area contributed by atoms with Gasteiger partial charge in [-0.3, -0.25) is 4.98 Å². The molecule has 0 amide bonds. The number of rotatable bonds is 1. The van der Waals surface area contributed by atoms with Gasteiger partial charge in [0.05, 0.1) is 4.47 Å². The monoisotopic (exact) mass is 225 g/mol. The van der Waals surface area contributed by atoms with Crippen molar-refractivity contribution in [3.05, 3.63) is 28.2 Å². The van der Waals surface area contributed by atoms with E-state index >= 15 is 0 Å². The molecule has 1 heterocycles. The van der Waals surface area contributed by atoms with Crippen LogP contribution in [0.2, 0.25) is 0 Å². The lowest BCUT2D eigenvalue weighted by atomic mass is 10.3. The van der Waals surface area contributed by atoms with Crippen LogP contribution in [0.4, 0.5) is 13.2 Å². The van der Waals surface area contributed by atoms with E-state index in [0.29, 0.717) is 0 Å². The second kappa shape index (κ2) is 3.21. The Bertz CT molecular complexity index is 264. The van der Waals surface area contributed by atoms with Crippen molar-refractivity contribution >= 4 is 15.9 Å². The maximum absolute atomic E-state index is 12.7. The fourth-order valence-electron chi connectivity index (χ4n) is 0.587. The Morgan fingerprint density at radius 2 is 2.09 bits per heavy atom. The molecule has 1 aromatic rings. The predicted octanol–water partition coefficient (Wildman–Crippen LogP) is 2.92. The van der Waals surface area contributed by atoms with Crippen molar-refractivity contribution < 1.29 is 13.2 Å². The van der Waals surface area contributed by atoms with E-state index < -0.39 is 17.9 Å². The first-order valence-electron chi connectivity index (χ1n) is 2.71. The quantitative estimate of drug-likeness (QED) is 0.717. The van der Waals surface area contributed by atoms with Crippen molar-refractivity contribution in [2.45, 2.75) is 6.43 Å². The van der Waals surface area contributed by atoms with Crippen molar-refractivity contribution in [3.63, 3.8) is 0 Å². The highest BCUT2D eigenvalue weighted by atomic mass is 79.9. The Morgan fingerprint density at radius 3 is 2.55 bits per heavy atom. The van der Waals surface area contributed by atoms with Crippen molar-refractivity contribution in [2.24, 2.45) is 0 Å². The van der Waals surface area contributed by atoms with E-state index in [0.717, 1.165) is 6.20 Å². The van der Waals surface area contributed by atoms with Gasteiger partial charge in [0.1, 0.15) is 5.69 Å². The summed E-state index contributed by atoms with van der Waals surface area (Å²) >= 11 is 2.77. The molecule has 0 aromatic carbocycles. The minimum absolute atomic E-state index is 0.00259. The molecule has 0 unspecified atom stereocenters. The summed E-state index contributed by atoms with van der Waals surface area (Å²) in [5.41, 5.74) is -0.820. The van der Waals surface area contributed by atoms with Gasteiger partial charge in [0.2, 0.25) is 0 Å². The zero-order chi connectivity index (χ0) is 8.43. The summed E-state index contributed by atoms with van der Waals surface area (Å²) in [6.45, 7) is 0. The molecule has 0 fully saturated rings. The maximum Gasteiger partial charge on any atom is 0.283 e. The maximum atomic E-state index is 12.7. The second-order valence-corrected chi connectivity index (χ2v) is 2.65. The third-order valence-electron chi connectivity index (χ3n) is 1.08. The zero-order valence-electron chi connectivity index (χ0n) is 5.19. The lowest BCUT2D eigenvalue weighted by molar-refractivity contribution is 0.140. The Morgan fingerprint density at radius 1 is 1.45 bits per heavy atom. The van der Waals surface area contributed by atoms with Gasteiger partial charge in [-0.05, 0) is 22.0 Å². The van der Waals surface area contributed by atoms with E-state index in [-0.39, 0.29) is 4.47 Å². The number of aromatic nitrogens is 1. The van der Waals surface area contributed by atoms with Crippen LogP contribution in [0.25, 0.3) is 0 Å². The van der Waals surface area contributed by atoms with Crippen LogP contribution >= 0.6 is 15.9 Å². The lowest BCUT2D eigenvalue weighted by Gasteiger charge is -2.00. The standard InChI is InChI=1S/C6H3BrF3N/c7-3-1-2-11-5(4(3)8)6(9)10/h1-2,6H. The van der Waals surface area contributed by atoms with Crippen LogP contribution in [0.3, 0.4) is 0 Å². The van der Waals surface area contributed by atoms with Gasteiger partial charge < -0.3 is 0 Å². The van der Waals surface area contributed by atoms with Crippen LogP contribution in [0.1, 0.15) is 12.1 Å². The van der Waals surface area contributed by atoms with Crippen LogP contribution in [-0.2, 0) is 0 Å². The molecule has 0 aliphatic heterocycles. The third-order valence-corrected chi connectivity index (χ3v) is 1.69. The van der Waals surface area contributed by atoms with Gasteiger partial charge in [-0.2, -0.15) is 0 Å². The molecule has 11 heavy (non-hydrogen) atoms. The van der Waals surface area contributed by atoms with Crippen LogP contribution in [0.5, 0.6) is 0 Å². The second-order valence-electron chi connectivity index (χ2n) is 1.79. The molecule has 5 heteroatoms. The SMILES string of the molecule is Fc1c(Br)ccnc1C(F)F. The Hall–Kier alpha value is -0.580. The van der Waals surface area contributed by atoms with Crippen molar-refractivity contribution in [1.82, 2.24) is 4.98 Å². The molecular weight excluding hydrogens is 223 g/mol. The minimum atomic E-state index is -2.87. The fraction of sp³-hybridized carbons (Fsp3) is 0.167. The summed E-state index contributed by atoms with van der Waals surface area (Å²) in [6, 6.07) is 1.27. The van der Waals surface area contributed by atoms with Gasteiger partial charge in [-0.15, -0.1) is 0 Å². The molecule has 0 radical (unpaired) electrons. The number of pyridine rings is 1. The summed E-state index contributed by atoms with van der Waals surface area (Å²) < 4.78 is 36.4. The number of alkyl halides is 2. The van der Waals surface area contributed by atoms with Crippen LogP contribution in [0, 0.1) is 5.82 Å². The summed E-state index contributed by atoms with van der Waals surface area (Å²) in [4.78, 5) is 3.18. The highest BCUT2D eigenvalue weighted by molar-refractivity contribution is 9.10. The predicted molar refractivity (Wildman–Crippen MR) is 36.9 cm³/mol. The molecule has 1 aromatic heterocycles. The molecule has 0 N–H and O–H groups in total. The van der Waals surface area contributed by atoms with E-state index in [1.165, 1.54) is 6.07 Å². The van der Waals surface area contributed by atoms with Crippen molar-refractivity contribution in [1.29, 1.82) is 0 Å². The molecule has 0 spiro atoms. The highest BCUT2D eigenvalue weighted by Gasteiger charge is 2.16. The molecule has 0 aliphatic carbocycles. The molecule has 0 bridgehead atoms. The van der Waals surface area contributed by atoms with Gasteiger partial charge in [0, 0.05) is 6.20 Å². The summed E-state index contributed by atoms with van der Waals surface area (Å²) in [7, 11) is 0. The van der Waals surface area contributed by atoms with Crippen LogP contribution < -0.4 is 0 Å². The van der Waals surface area contributed by atoms with E-state index in [1.54, 1.807) is 0 Å². The summed E-state index contributed by atoms with van der Waals surface area (Å²) in [6.07, 6.45) is -1.75. The Labute approximate surface area is 69.4 Å². The Kier molecular flexibility index (Phi) is 2.49. The molecule has 1 rings (SSSR count).